The zero-order chi connectivity index (χ0) is 110. The lowest BCUT2D eigenvalue weighted by Crippen LogP contribution is -2.82. The molecule has 0 saturated heterocycles. The summed E-state index contributed by atoms with van der Waals surface area (Å²) in [6, 6.07) is 0. The van der Waals surface area contributed by atoms with E-state index in [4.69, 9.17) is 10.2 Å². The summed E-state index contributed by atoms with van der Waals surface area (Å²) in [7, 11) is 0. The number of aliphatic hydroxyl groups is 2. The van der Waals surface area contributed by atoms with Gasteiger partial charge in [0.2, 0.25) is 0 Å². The minimum atomic E-state index is -11.7. The van der Waals surface area contributed by atoms with E-state index in [2.05, 4.69) is 0 Å². The van der Waals surface area contributed by atoms with Crippen molar-refractivity contribution in [1.29, 1.82) is 0 Å². The van der Waals surface area contributed by atoms with Crippen LogP contribution in [-0.2, 0) is 0 Å². The van der Waals surface area contributed by atoms with Crippen LogP contribution in [0.4, 0.5) is 378 Å². The molecule has 0 spiro atoms. The second kappa shape index (κ2) is 30.0. The van der Waals surface area contributed by atoms with Crippen LogP contribution in [0.15, 0.2) is 0 Å². The second-order valence-electron chi connectivity index (χ2n) is 25.0. The smallest absolute Gasteiger partial charge is 0.390 e. The zero-order valence-electron chi connectivity index (χ0n) is 55.6. The predicted octanol–water partition coefficient (Wildman–Crippen LogP) is 26.2. The molecule has 0 fully saturated rings. The van der Waals surface area contributed by atoms with Gasteiger partial charge in [0.15, 0.2) is 0 Å². The molecule has 0 rings (SSSR count). The molecule has 88 heteroatoms. The van der Waals surface area contributed by atoms with Gasteiger partial charge < -0.3 is 10.2 Å². The van der Waals surface area contributed by atoms with Crippen molar-refractivity contribution in [1.82, 2.24) is 0 Å². The molecule has 0 aromatic heterocycles. The maximum absolute atomic E-state index is 14.5. The number of hydrogen-bond donors (Lipinski definition) is 2. The Morgan fingerprint density at radius 1 is 0.0833 bits per heavy atom. The standard InChI is InChI=1S/C44H4F86O2/c45-2(46,1-131)3(47,48)4(49,50)5(51,52)6(53,54)7(55,56)8(57,58)9(59,60)10(61,62)11(63,64)12(65,66)13(67,68)14(69,70)15(71,72)16(73,74)17(75,76)18(77,78)19(79,80)20(81,82)21(83,84)22(85,86)23(87,88)24(89,90)25(91,92)26(93,94)27(95,96)28(97,98)29(99,100)30(101,102)31(103,104)32(105,106)33(107,108)34(109,110)35(111,112)36(113,114)37(115,116)38(117,118)39(119,120)40(121,122)41(123,124)42(125,126)43(127,128)44(129,130)132/h131-132H,1H2. The van der Waals surface area contributed by atoms with Gasteiger partial charge in [-0.05, 0) is 0 Å². The molecule has 0 bridgehead atoms. The van der Waals surface area contributed by atoms with Gasteiger partial charge in [0.25, 0.3) is 0 Å². The SMILES string of the molecule is OCC(F)(F)C(F)(F)C(F)(F)C(F)(F)C(F)(F)C(F)(F)C(F)(F)C(F)(F)C(F)(F)C(F)(F)C(F)(F)C(F)(F)C(F)(F)C(F)(F)C(F)(F)C(F)(F)C(F)(F)C(F)(F)C(F)(F)C(F)(F)C(F)(F)C(F)(F)C(F)(F)C(F)(F)C(F)(F)C(F)(F)C(F)(F)C(F)(F)C(F)(F)C(F)(F)C(F)(F)C(F)(F)C(F)(F)C(F)(F)C(F)(F)C(F)(F)C(F)(F)C(F)(F)C(F)(F)C(F)(F)C(F)(F)C(F)(F)C(O)(F)F. The highest BCUT2D eigenvalue weighted by Crippen LogP contribution is 2.78. The van der Waals surface area contributed by atoms with Crippen LogP contribution in [0.2, 0.25) is 0 Å². The molecule has 0 saturated carbocycles. The lowest BCUT2D eigenvalue weighted by atomic mass is 9.80. The molecule has 2 nitrogen and oxygen atoms in total. The van der Waals surface area contributed by atoms with Gasteiger partial charge in [0.1, 0.15) is 6.61 Å². The van der Waals surface area contributed by atoms with Crippen molar-refractivity contribution in [2.45, 2.75) is 255 Å². The van der Waals surface area contributed by atoms with E-state index >= 15 is 0 Å². The highest BCUT2D eigenvalue weighted by Gasteiger charge is 3.09. The van der Waals surface area contributed by atoms with E-state index in [0.717, 1.165) is 0 Å². The van der Waals surface area contributed by atoms with Crippen LogP contribution in [0.5, 0.6) is 0 Å². The Morgan fingerprint density at radius 2 is 0.129 bits per heavy atom. The van der Waals surface area contributed by atoms with Crippen molar-refractivity contribution in [3.05, 3.63) is 0 Å². The first-order chi connectivity index (χ1) is 55.1. The molecule has 0 aliphatic heterocycles. The molecule has 0 amide bonds. The fourth-order valence-corrected chi connectivity index (χ4v) is 8.21. The maximum atomic E-state index is 14.5. The van der Waals surface area contributed by atoms with Gasteiger partial charge in [0.05, 0.1) is 0 Å². The number of alkyl halides is 86. The van der Waals surface area contributed by atoms with E-state index in [1.807, 2.05) is 0 Å². The first-order valence-electron chi connectivity index (χ1n) is 27.6. The van der Waals surface area contributed by atoms with E-state index in [1.165, 1.54) is 0 Å². The largest absolute Gasteiger partial charge is 0.423 e. The quantitative estimate of drug-likeness (QED) is 0.0598. The molecular weight excluding hydrogens is 2190 g/mol. The molecule has 0 aromatic rings. The van der Waals surface area contributed by atoms with Crippen LogP contribution in [0.3, 0.4) is 0 Å². The van der Waals surface area contributed by atoms with Gasteiger partial charge in [-0.3, -0.25) is 0 Å². The van der Waals surface area contributed by atoms with Crippen LogP contribution in [-0.4, -0.2) is 272 Å². The average molecular weight is 2200 g/mol. The molecule has 794 valence electrons. The molecule has 2 N–H and O–H groups in total. The molecule has 132 heavy (non-hydrogen) atoms. The molecule has 0 radical (unpaired) electrons. The highest BCUT2D eigenvalue weighted by molar-refractivity contribution is 5.29. The van der Waals surface area contributed by atoms with E-state index in [1.54, 1.807) is 0 Å². The number of halogens is 86. The number of hydrogen-bond acceptors (Lipinski definition) is 2. The molecule has 0 unspecified atom stereocenters. The van der Waals surface area contributed by atoms with E-state index in [-0.39, 0.29) is 0 Å². The summed E-state index contributed by atoms with van der Waals surface area (Å²) in [5.74, 6) is -463. The summed E-state index contributed by atoms with van der Waals surface area (Å²) in [6.45, 7) is -4.32. The zero-order valence-corrected chi connectivity index (χ0v) is 55.6. The van der Waals surface area contributed by atoms with E-state index in [9.17, 15) is 378 Å². The van der Waals surface area contributed by atoms with Crippen molar-refractivity contribution < 1.29 is 388 Å². The first kappa shape index (κ1) is 126. The lowest BCUT2D eigenvalue weighted by molar-refractivity contribution is -0.503. The Bertz CT molecular complexity index is 3870. The molecular formula is C44H4F86O2. The molecule has 0 aliphatic carbocycles. The van der Waals surface area contributed by atoms with Crippen LogP contribution in [0.1, 0.15) is 0 Å². The van der Waals surface area contributed by atoms with E-state index < -0.39 is 261 Å². The Balaban J connectivity index is 8.68. The maximum Gasteiger partial charge on any atom is 0.423 e. The monoisotopic (exact) mass is 2200 g/mol. The Kier molecular flexibility index (Phi) is 28.6. The highest BCUT2D eigenvalue weighted by atomic mass is 19.5. The van der Waals surface area contributed by atoms with Crippen molar-refractivity contribution in [2.75, 3.05) is 6.61 Å². The second-order valence-corrected chi connectivity index (χ2v) is 25.0. The summed E-state index contributed by atoms with van der Waals surface area (Å²) in [5, 5.41) is 15.3. The summed E-state index contributed by atoms with van der Waals surface area (Å²) < 4.78 is 1220. The van der Waals surface area contributed by atoms with Crippen LogP contribution >= 0.6 is 0 Å². The Hall–Kier alpha value is -6.10. The van der Waals surface area contributed by atoms with Crippen LogP contribution in [0, 0.1) is 0 Å². The fourth-order valence-electron chi connectivity index (χ4n) is 8.21. The molecule has 0 aromatic carbocycles. The third-order valence-corrected chi connectivity index (χ3v) is 16.8. The van der Waals surface area contributed by atoms with Gasteiger partial charge in [-0.2, -0.15) is 378 Å². The number of aliphatic hydroxyl groups excluding tert-OH is 1. The summed E-state index contributed by atoms with van der Waals surface area (Å²) >= 11 is 0. The van der Waals surface area contributed by atoms with Crippen LogP contribution in [0.25, 0.3) is 0 Å². The van der Waals surface area contributed by atoms with Crippen molar-refractivity contribution in [3.8, 4) is 0 Å². The topological polar surface area (TPSA) is 40.5 Å². The summed E-state index contributed by atoms with van der Waals surface area (Å²) in [5.41, 5.74) is 0. The van der Waals surface area contributed by atoms with Crippen LogP contribution < -0.4 is 0 Å². The normalized spacial score (nSPS) is 17.7. The van der Waals surface area contributed by atoms with Crippen molar-refractivity contribution in [3.63, 3.8) is 0 Å². The average Bonchev–Trinajstić information content (AvgIpc) is 0.670. The first-order valence-corrected chi connectivity index (χ1v) is 27.6. The van der Waals surface area contributed by atoms with Gasteiger partial charge in [-0.1, -0.05) is 0 Å². The molecule has 0 heterocycles. The Labute approximate surface area is 650 Å². The third-order valence-electron chi connectivity index (χ3n) is 16.8. The van der Waals surface area contributed by atoms with Gasteiger partial charge >= 0.3 is 255 Å². The number of rotatable bonds is 43. The Morgan fingerprint density at radius 3 is 0.174 bits per heavy atom. The molecule has 0 atom stereocenters. The summed E-state index contributed by atoms with van der Waals surface area (Å²) in [4.78, 5) is 0. The third kappa shape index (κ3) is 13.3. The molecule has 0 aliphatic rings. The van der Waals surface area contributed by atoms with Gasteiger partial charge in [0, 0.05) is 0 Å². The minimum absolute atomic E-state index is 4.32. The van der Waals surface area contributed by atoms with Gasteiger partial charge in [-0.15, -0.1) is 0 Å². The fraction of sp³-hybridized carbons (Fsp3) is 1.00. The predicted molar refractivity (Wildman–Crippen MR) is 222 cm³/mol. The summed E-state index contributed by atoms with van der Waals surface area (Å²) in [6.07, 6.45) is -8.34. The van der Waals surface area contributed by atoms with E-state index in [0.29, 0.717) is 0 Å². The van der Waals surface area contributed by atoms with Gasteiger partial charge in [-0.25, -0.2) is 0 Å². The van der Waals surface area contributed by atoms with Crippen molar-refractivity contribution in [2.24, 2.45) is 0 Å². The lowest BCUT2D eigenvalue weighted by Gasteiger charge is -2.48. The minimum Gasteiger partial charge on any atom is -0.390 e. The van der Waals surface area contributed by atoms with Crippen molar-refractivity contribution >= 4 is 0 Å².